The Bertz CT molecular complexity index is 453. The summed E-state index contributed by atoms with van der Waals surface area (Å²) in [6.07, 6.45) is 0. The molecular formula is C10H11N3O2. The summed E-state index contributed by atoms with van der Waals surface area (Å²) in [5.74, 6) is 1.15. The van der Waals surface area contributed by atoms with Gasteiger partial charge in [0.1, 0.15) is 5.75 Å². The van der Waals surface area contributed by atoms with Gasteiger partial charge < -0.3 is 14.5 Å². The Morgan fingerprint density at radius 2 is 2.07 bits per heavy atom. The maximum absolute atomic E-state index is 5.35. The molecule has 1 heterocycles. The van der Waals surface area contributed by atoms with E-state index in [9.17, 15) is 0 Å². The van der Waals surface area contributed by atoms with Crippen LogP contribution in [0.2, 0.25) is 0 Å². The highest BCUT2D eigenvalue weighted by atomic mass is 16.5. The zero-order valence-electron chi connectivity index (χ0n) is 8.52. The second-order valence-electron chi connectivity index (χ2n) is 2.86. The monoisotopic (exact) mass is 205 g/mol. The third-order valence-corrected chi connectivity index (χ3v) is 1.98. The summed E-state index contributed by atoms with van der Waals surface area (Å²) < 4.78 is 10.5. The van der Waals surface area contributed by atoms with Gasteiger partial charge in [-0.15, -0.1) is 5.10 Å². The number of hydrogen-bond donors (Lipinski definition) is 1. The van der Waals surface area contributed by atoms with Crippen LogP contribution >= 0.6 is 0 Å². The van der Waals surface area contributed by atoms with Crippen LogP contribution in [-0.4, -0.2) is 24.4 Å². The summed E-state index contributed by atoms with van der Waals surface area (Å²) in [4.78, 5) is 0. The minimum Gasteiger partial charge on any atom is -0.496 e. The summed E-state index contributed by atoms with van der Waals surface area (Å²) in [6.45, 7) is 0. The van der Waals surface area contributed by atoms with Gasteiger partial charge in [-0.05, 0) is 12.1 Å². The van der Waals surface area contributed by atoms with Crippen molar-refractivity contribution in [2.45, 2.75) is 0 Å². The van der Waals surface area contributed by atoms with E-state index in [2.05, 4.69) is 15.5 Å². The molecule has 0 spiro atoms. The number of nitrogens with zero attached hydrogens (tertiary/aromatic N) is 2. The minimum absolute atomic E-state index is 0.385. The van der Waals surface area contributed by atoms with Crippen molar-refractivity contribution < 1.29 is 9.15 Å². The summed E-state index contributed by atoms with van der Waals surface area (Å²) in [7, 11) is 3.33. The summed E-state index contributed by atoms with van der Waals surface area (Å²) in [6, 6.07) is 7.87. The largest absolute Gasteiger partial charge is 0.496 e. The molecule has 0 fully saturated rings. The van der Waals surface area contributed by atoms with Crippen LogP contribution in [0.3, 0.4) is 0 Å². The van der Waals surface area contributed by atoms with Gasteiger partial charge in [-0.2, -0.15) is 0 Å². The first-order chi connectivity index (χ1) is 7.35. The molecule has 0 aliphatic rings. The van der Waals surface area contributed by atoms with Crippen LogP contribution in [0.5, 0.6) is 5.75 Å². The Hall–Kier alpha value is -2.04. The molecule has 5 nitrogen and oxygen atoms in total. The van der Waals surface area contributed by atoms with Crippen molar-refractivity contribution in [2.24, 2.45) is 0 Å². The molecule has 15 heavy (non-hydrogen) atoms. The van der Waals surface area contributed by atoms with E-state index < -0.39 is 0 Å². The normalized spacial score (nSPS) is 10.0. The van der Waals surface area contributed by atoms with Gasteiger partial charge in [0.05, 0.1) is 12.7 Å². The van der Waals surface area contributed by atoms with Gasteiger partial charge in [-0.1, -0.05) is 17.2 Å². The molecule has 5 heteroatoms. The maximum Gasteiger partial charge on any atom is 0.315 e. The number of para-hydroxylation sites is 1. The molecule has 0 saturated heterocycles. The quantitative estimate of drug-likeness (QED) is 0.827. The summed E-state index contributed by atoms with van der Waals surface area (Å²) >= 11 is 0. The first-order valence-corrected chi connectivity index (χ1v) is 4.50. The van der Waals surface area contributed by atoms with E-state index in [0.717, 1.165) is 5.56 Å². The third kappa shape index (κ3) is 1.76. The van der Waals surface area contributed by atoms with E-state index in [1.165, 1.54) is 0 Å². The molecule has 0 aliphatic heterocycles. The predicted molar refractivity (Wildman–Crippen MR) is 55.8 cm³/mol. The zero-order valence-corrected chi connectivity index (χ0v) is 8.52. The van der Waals surface area contributed by atoms with Crippen molar-refractivity contribution in [1.82, 2.24) is 10.2 Å². The highest BCUT2D eigenvalue weighted by molar-refractivity contribution is 5.62. The smallest absolute Gasteiger partial charge is 0.315 e. The number of benzene rings is 1. The van der Waals surface area contributed by atoms with Gasteiger partial charge in [0.25, 0.3) is 5.89 Å². The van der Waals surface area contributed by atoms with Crippen molar-refractivity contribution in [3.8, 4) is 17.2 Å². The summed E-state index contributed by atoms with van der Waals surface area (Å²) in [5.41, 5.74) is 0.786. The molecule has 2 rings (SSSR count). The molecule has 2 aromatic rings. The van der Waals surface area contributed by atoms with Crippen LogP contribution < -0.4 is 10.1 Å². The molecular weight excluding hydrogens is 194 g/mol. The fourth-order valence-electron chi connectivity index (χ4n) is 1.25. The Kier molecular flexibility index (Phi) is 2.53. The van der Waals surface area contributed by atoms with E-state index in [1.807, 2.05) is 24.3 Å². The average Bonchev–Trinajstić information content (AvgIpc) is 2.77. The number of aromatic nitrogens is 2. The number of anilines is 1. The first-order valence-electron chi connectivity index (χ1n) is 4.50. The van der Waals surface area contributed by atoms with Crippen LogP contribution in [0.4, 0.5) is 6.01 Å². The standard InChI is InChI=1S/C10H11N3O2/c1-11-10-13-12-9(15-10)7-5-3-4-6-8(7)14-2/h3-6H,1-2H3,(H,11,13). The van der Waals surface area contributed by atoms with E-state index in [0.29, 0.717) is 17.7 Å². The van der Waals surface area contributed by atoms with Crippen LogP contribution in [0.1, 0.15) is 0 Å². The predicted octanol–water partition coefficient (Wildman–Crippen LogP) is 1.79. The van der Waals surface area contributed by atoms with Crippen molar-refractivity contribution in [1.29, 1.82) is 0 Å². The molecule has 0 saturated carbocycles. The molecule has 0 aliphatic carbocycles. The second-order valence-corrected chi connectivity index (χ2v) is 2.86. The molecule has 0 unspecified atom stereocenters. The van der Waals surface area contributed by atoms with Crippen LogP contribution in [0.25, 0.3) is 11.5 Å². The van der Waals surface area contributed by atoms with Gasteiger partial charge in [0.2, 0.25) is 0 Å². The molecule has 1 aromatic carbocycles. The minimum atomic E-state index is 0.385. The molecule has 0 atom stereocenters. The zero-order chi connectivity index (χ0) is 10.7. The Morgan fingerprint density at radius 1 is 1.27 bits per heavy atom. The number of rotatable bonds is 3. The molecule has 1 N–H and O–H groups in total. The van der Waals surface area contributed by atoms with Crippen molar-refractivity contribution in [2.75, 3.05) is 19.5 Å². The van der Waals surface area contributed by atoms with E-state index in [-0.39, 0.29) is 0 Å². The van der Waals surface area contributed by atoms with Gasteiger partial charge in [0.15, 0.2) is 0 Å². The maximum atomic E-state index is 5.35. The number of nitrogens with one attached hydrogen (secondary N) is 1. The van der Waals surface area contributed by atoms with Gasteiger partial charge in [0, 0.05) is 7.05 Å². The lowest BCUT2D eigenvalue weighted by atomic mass is 10.2. The van der Waals surface area contributed by atoms with E-state index in [1.54, 1.807) is 14.2 Å². The molecule has 1 aromatic heterocycles. The average molecular weight is 205 g/mol. The summed E-state index contributed by atoms with van der Waals surface area (Å²) in [5, 5.41) is 10.5. The second kappa shape index (κ2) is 4.00. The lowest BCUT2D eigenvalue weighted by molar-refractivity contribution is 0.414. The van der Waals surface area contributed by atoms with Crippen molar-refractivity contribution >= 4 is 6.01 Å². The highest BCUT2D eigenvalue weighted by Gasteiger charge is 2.11. The molecule has 0 bridgehead atoms. The van der Waals surface area contributed by atoms with Crippen molar-refractivity contribution in [3.63, 3.8) is 0 Å². The Morgan fingerprint density at radius 3 is 2.73 bits per heavy atom. The fourth-order valence-corrected chi connectivity index (χ4v) is 1.25. The Balaban J connectivity index is 2.44. The topological polar surface area (TPSA) is 60.2 Å². The number of hydrogen-bond acceptors (Lipinski definition) is 5. The lowest BCUT2D eigenvalue weighted by Crippen LogP contribution is -1.87. The van der Waals surface area contributed by atoms with Crippen molar-refractivity contribution in [3.05, 3.63) is 24.3 Å². The van der Waals surface area contributed by atoms with Crippen LogP contribution in [-0.2, 0) is 0 Å². The number of ether oxygens (including phenoxy) is 1. The van der Waals surface area contributed by atoms with Gasteiger partial charge >= 0.3 is 6.01 Å². The van der Waals surface area contributed by atoms with Crippen LogP contribution in [0, 0.1) is 0 Å². The van der Waals surface area contributed by atoms with Crippen LogP contribution in [0.15, 0.2) is 28.7 Å². The SMILES string of the molecule is CNc1nnc(-c2ccccc2OC)o1. The first kappa shape index (κ1) is 9.51. The lowest BCUT2D eigenvalue weighted by Gasteiger charge is -2.02. The highest BCUT2D eigenvalue weighted by Crippen LogP contribution is 2.28. The van der Waals surface area contributed by atoms with Gasteiger partial charge in [-0.3, -0.25) is 0 Å². The van der Waals surface area contributed by atoms with Gasteiger partial charge in [-0.25, -0.2) is 0 Å². The fraction of sp³-hybridized carbons (Fsp3) is 0.200. The molecule has 78 valence electrons. The van der Waals surface area contributed by atoms with E-state index >= 15 is 0 Å². The number of methoxy groups -OCH3 is 1. The third-order valence-electron chi connectivity index (χ3n) is 1.98. The Labute approximate surface area is 87.1 Å². The molecule has 0 radical (unpaired) electrons. The van der Waals surface area contributed by atoms with E-state index in [4.69, 9.17) is 9.15 Å². The molecule has 0 amide bonds.